The van der Waals surface area contributed by atoms with Gasteiger partial charge in [-0.3, -0.25) is 0 Å². The summed E-state index contributed by atoms with van der Waals surface area (Å²) in [5.74, 6) is 0.729. The molecule has 2 atom stereocenters. The van der Waals surface area contributed by atoms with Crippen LogP contribution in [-0.2, 0) is 4.74 Å². The van der Waals surface area contributed by atoms with Gasteiger partial charge in [-0.05, 0) is 39.3 Å². The van der Waals surface area contributed by atoms with Crippen LogP contribution in [0.25, 0.3) is 0 Å². The van der Waals surface area contributed by atoms with E-state index in [1.54, 1.807) is 0 Å². The Balaban J connectivity index is 1.79. The second-order valence-electron chi connectivity index (χ2n) is 5.36. The van der Waals surface area contributed by atoms with Crippen molar-refractivity contribution in [2.75, 3.05) is 33.4 Å². The van der Waals surface area contributed by atoms with Crippen molar-refractivity contribution < 1.29 is 4.74 Å². The van der Waals surface area contributed by atoms with Crippen LogP contribution >= 0.6 is 0 Å². The van der Waals surface area contributed by atoms with Gasteiger partial charge in [0.2, 0.25) is 0 Å². The summed E-state index contributed by atoms with van der Waals surface area (Å²) in [6.45, 7) is 6.49. The Labute approximate surface area is 99.5 Å². The van der Waals surface area contributed by atoms with E-state index in [-0.39, 0.29) is 0 Å². The van der Waals surface area contributed by atoms with E-state index in [9.17, 15) is 0 Å². The lowest BCUT2D eigenvalue weighted by Gasteiger charge is -2.28. The molecule has 2 unspecified atom stereocenters. The molecule has 0 aromatic rings. The number of hydrogen-bond donors (Lipinski definition) is 1. The zero-order valence-corrected chi connectivity index (χ0v) is 10.7. The summed E-state index contributed by atoms with van der Waals surface area (Å²) in [6.07, 6.45) is 5.26. The van der Waals surface area contributed by atoms with Crippen LogP contribution in [0, 0.1) is 5.92 Å². The van der Waals surface area contributed by atoms with E-state index in [2.05, 4.69) is 24.2 Å². The van der Waals surface area contributed by atoms with Gasteiger partial charge in [-0.25, -0.2) is 0 Å². The number of rotatable bonds is 7. The second-order valence-corrected chi connectivity index (χ2v) is 5.36. The molecule has 0 aromatic heterocycles. The summed E-state index contributed by atoms with van der Waals surface area (Å²) >= 11 is 0. The van der Waals surface area contributed by atoms with Crippen LogP contribution < -0.4 is 5.32 Å². The topological polar surface area (TPSA) is 24.5 Å². The van der Waals surface area contributed by atoms with E-state index in [1.807, 2.05) is 0 Å². The molecule has 16 heavy (non-hydrogen) atoms. The maximum absolute atomic E-state index is 5.52. The predicted octanol–water partition coefficient (Wildman–Crippen LogP) is 1.49. The first-order valence-corrected chi connectivity index (χ1v) is 6.82. The highest BCUT2D eigenvalue weighted by atomic mass is 16.5. The van der Waals surface area contributed by atoms with Crippen molar-refractivity contribution in [3.05, 3.63) is 0 Å². The molecule has 0 radical (unpaired) electrons. The average Bonchev–Trinajstić information content (AvgIpc) is 3.00. The molecule has 1 aliphatic heterocycles. The lowest BCUT2D eigenvalue weighted by molar-refractivity contribution is 0.165. The maximum atomic E-state index is 5.52. The second kappa shape index (κ2) is 5.99. The molecule has 1 saturated carbocycles. The van der Waals surface area contributed by atoms with Crippen molar-refractivity contribution in [3.8, 4) is 0 Å². The molecule has 0 amide bonds. The van der Waals surface area contributed by atoms with Gasteiger partial charge in [0.1, 0.15) is 0 Å². The van der Waals surface area contributed by atoms with Crippen LogP contribution in [0.15, 0.2) is 0 Å². The number of ether oxygens (including phenoxy) is 1. The highest BCUT2D eigenvalue weighted by Crippen LogP contribution is 2.27. The molecule has 1 saturated heterocycles. The lowest BCUT2D eigenvalue weighted by atomic mass is 9.98. The minimum absolute atomic E-state index is 0.632. The van der Waals surface area contributed by atoms with Crippen LogP contribution in [0.4, 0.5) is 0 Å². The van der Waals surface area contributed by atoms with Crippen molar-refractivity contribution in [2.45, 2.75) is 44.7 Å². The van der Waals surface area contributed by atoms with E-state index in [4.69, 9.17) is 4.74 Å². The fourth-order valence-corrected chi connectivity index (χ4v) is 2.55. The number of nitrogens with one attached hydrogen (secondary N) is 1. The molecule has 1 N–H and O–H groups in total. The summed E-state index contributed by atoms with van der Waals surface area (Å²) in [4.78, 5) is 2.53. The summed E-state index contributed by atoms with van der Waals surface area (Å²) in [5.41, 5.74) is 0. The maximum Gasteiger partial charge on any atom is 0.0510 e. The van der Waals surface area contributed by atoms with Gasteiger partial charge >= 0.3 is 0 Å². The minimum Gasteiger partial charge on any atom is -0.381 e. The lowest BCUT2D eigenvalue weighted by Crippen LogP contribution is -2.45. The Bertz CT molecular complexity index is 200. The van der Waals surface area contributed by atoms with Gasteiger partial charge in [-0.1, -0.05) is 6.92 Å². The molecule has 1 heterocycles. The molecule has 0 spiro atoms. The van der Waals surface area contributed by atoms with E-state index in [0.29, 0.717) is 6.04 Å². The van der Waals surface area contributed by atoms with Crippen molar-refractivity contribution >= 4 is 0 Å². The molecular weight excluding hydrogens is 200 g/mol. The molecule has 2 fully saturated rings. The number of likely N-dealkylation sites (N-methyl/N-ethyl adjacent to an activating group) is 1. The fraction of sp³-hybridized carbons (Fsp3) is 1.00. The van der Waals surface area contributed by atoms with Crippen LogP contribution in [-0.4, -0.2) is 50.3 Å². The SMILES string of the molecule is CCCNC(CN(C)C1CC1)C1CCOC1. The summed E-state index contributed by atoms with van der Waals surface area (Å²) in [5, 5.41) is 3.70. The quantitative estimate of drug-likeness (QED) is 0.712. The Hall–Kier alpha value is -0.120. The van der Waals surface area contributed by atoms with Gasteiger partial charge in [0.05, 0.1) is 6.61 Å². The van der Waals surface area contributed by atoms with Crippen LogP contribution in [0.1, 0.15) is 32.6 Å². The zero-order chi connectivity index (χ0) is 11.4. The Morgan fingerprint density at radius 2 is 2.19 bits per heavy atom. The normalized spacial score (nSPS) is 27.6. The molecule has 2 aliphatic rings. The van der Waals surface area contributed by atoms with E-state index < -0.39 is 0 Å². The Morgan fingerprint density at radius 1 is 1.38 bits per heavy atom. The molecule has 0 bridgehead atoms. The third-order valence-electron chi connectivity index (χ3n) is 3.85. The highest BCUT2D eigenvalue weighted by Gasteiger charge is 2.31. The first kappa shape index (κ1) is 12.3. The van der Waals surface area contributed by atoms with Gasteiger partial charge < -0.3 is 15.0 Å². The van der Waals surface area contributed by atoms with Crippen LogP contribution in [0.5, 0.6) is 0 Å². The van der Waals surface area contributed by atoms with Crippen molar-refractivity contribution in [1.82, 2.24) is 10.2 Å². The van der Waals surface area contributed by atoms with Crippen molar-refractivity contribution in [1.29, 1.82) is 0 Å². The first-order chi connectivity index (χ1) is 7.81. The highest BCUT2D eigenvalue weighted by molar-refractivity contribution is 4.88. The predicted molar refractivity (Wildman–Crippen MR) is 66.7 cm³/mol. The molecule has 2 rings (SSSR count). The first-order valence-electron chi connectivity index (χ1n) is 6.82. The molecule has 3 nitrogen and oxygen atoms in total. The van der Waals surface area contributed by atoms with Crippen LogP contribution in [0.2, 0.25) is 0 Å². The van der Waals surface area contributed by atoms with Gasteiger partial charge in [0, 0.05) is 31.2 Å². The third-order valence-corrected chi connectivity index (χ3v) is 3.85. The largest absolute Gasteiger partial charge is 0.381 e. The monoisotopic (exact) mass is 226 g/mol. The zero-order valence-electron chi connectivity index (χ0n) is 10.7. The molecule has 0 aromatic carbocycles. The van der Waals surface area contributed by atoms with Crippen molar-refractivity contribution in [3.63, 3.8) is 0 Å². The fourth-order valence-electron chi connectivity index (χ4n) is 2.55. The average molecular weight is 226 g/mol. The summed E-state index contributed by atoms with van der Waals surface area (Å²) in [7, 11) is 2.27. The third kappa shape index (κ3) is 3.44. The molecule has 3 heteroatoms. The molecular formula is C13H26N2O. The van der Waals surface area contributed by atoms with E-state index in [0.717, 1.165) is 31.7 Å². The Kier molecular flexibility index (Phi) is 4.62. The van der Waals surface area contributed by atoms with E-state index in [1.165, 1.54) is 32.2 Å². The number of nitrogens with zero attached hydrogens (tertiary/aromatic N) is 1. The molecule has 1 aliphatic carbocycles. The van der Waals surface area contributed by atoms with Gasteiger partial charge in [-0.15, -0.1) is 0 Å². The van der Waals surface area contributed by atoms with Gasteiger partial charge in [0.25, 0.3) is 0 Å². The summed E-state index contributed by atoms with van der Waals surface area (Å²) < 4.78 is 5.52. The number of hydrogen-bond acceptors (Lipinski definition) is 3. The van der Waals surface area contributed by atoms with Crippen molar-refractivity contribution in [2.24, 2.45) is 5.92 Å². The molecule has 94 valence electrons. The van der Waals surface area contributed by atoms with Gasteiger partial charge in [-0.2, -0.15) is 0 Å². The van der Waals surface area contributed by atoms with Gasteiger partial charge in [0.15, 0.2) is 0 Å². The minimum atomic E-state index is 0.632. The Morgan fingerprint density at radius 3 is 2.75 bits per heavy atom. The van der Waals surface area contributed by atoms with Crippen LogP contribution in [0.3, 0.4) is 0 Å². The summed E-state index contributed by atoms with van der Waals surface area (Å²) in [6, 6.07) is 1.50. The smallest absolute Gasteiger partial charge is 0.0510 e. The van der Waals surface area contributed by atoms with E-state index >= 15 is 0 Å². The standard InChI is InChI=1S/C13H26N2O/c1-3-7-14-13(11-6-8-16-10-11)9-15(2)12-4-5-12/h11-14H,3-10H2,1-2H3.